The lowest BCUT2D eigenvalue weighted by Gasteiger charge is -2.33. The summed E-state index contributed by atoms with van der Waals surface area (Å²) in [6, 6.07) is 7.36. The summed E-state index contributed by atoms with van der Waals surface area (Å²) >= 11 is 1.41. The Balaban J connectivity index is 1.46. The number of nitrogens with one attached hydrogen (secondary N) is 2. The minimum absolute atomic E-state index is 0.127. The number of amides is 1. The molecule has 1 aliphatic heterocycles. The average Bonchev–Trinajstić information content (AvgIpc) is 3.10. The first kappa shape index (κ1) is 22.8. The monoisotopic (exact) mass is 456 g/mol. The van der Waals surface area contributed by atoms with Crippen molar-refractivity contribution in [2.75, 3.05) is 30.4 Å². The number of carboxylic acid groups (broad SMARTS) is 1. The van der Waals surface area contributed by atoms with Crippen LogP contribution in [0.5, 0.6) is 0 Å². The van der Waals surface area contributed by atoms with Crippen molar-refractivity contribution in [1.29, 1.82) is 0 Å². The number of carbonyl (C=O) groups excluding carboxylic acids is 1. The van der Waals surface area contributed by atoms with Crippen LogP contribution in [0, 0.1) is 11.3 Å². The molecule has 2 heterocycles. The Bertz CT molecular complexity index is 990. The van der Waals surface area contributed by atoms with Gasteiger partial charge in [0.15, 0.2) is 0 Å². The number of rotatable bonds is 6. The summed E-state index contributed by atoms with van der Waals surface area (Å²) in [6.45, 7) is 9.05. The average molecular weight is 457 g/mol. The van der Waals surface area contributed by atoms with Crippen molar-refractivity contribution in [2.45, 2.75) is 52.4 Å². The molecule has 1 atom stereocenters. The Morgan fingerprint density at radius 3 is 2.53 bits per heavy atom. The van der Waals surface area contributed by atoms with E-state index in [-0.39, 0.29) is 22.8 Å². The van der Waals surface area contributed by atoms with E-state index in [9.17, 15) is 14.7 Å². The van der Waals surface area contributed by atoms with Crippen LogP contribution in [0.15, 0.2) is 24.3 Å². The molecule has 1 amide bonds. The van der Waals surface area contributed by atoms with E-state index in [1.165, 1.54) is 11.3 Å². The number of benzene rings is 1. The van der Waals surface area contributed by atoms with Crippen molar-refractivity contribution >= 4 is 33.9 Å². The number of hydrogen-bond acceptors (Lipinski definition) is 5. The summed E-state index contributed by atoms with van der Waals surface area (Å²) in [6.07, 6.45) is 3.91. The number of hydrogen-bond donors (Lipinski definition) is 3. The molecule has 1 aromatic heterocycles. The number of aromatic carboxylic acids is 1. The van der Waals surface area contributed by atoms with Crippen LogP contribution in [0.1, 0.15) is 77.1 Å². The largest absolute Gasteiger partial charge is 0.478 e. The van der Waals surface area contributed by atoms with E-state index in [4.69, 9.17) is 4.74 Å². The molecule has 32 heavy (non-hydrogen) atoms. The van der Waals surface area contributed by atoms with Gasteiger partial charge in [0, 0.05) is 35.9 Å². The molecule has 1 unspecified atom stereocenters. The van der Waals surface area contributed by atoms with Crippen LogP contribution < -0.4 is 10.6 Å². The number of carboxylic acids is 1. The molecule has 4 rings (SSSR count). The summed E-state index contributed by atoms with van der Waals surface area (Å²) < 4.78 is 5.40. The fourth-order valence-corrected chi connectivity index (χ4v) is 6.57. The van der Waals surface area contributed by atoms with Gasteiger partial charge in [-0.1, -0.05) is 20.8 Å². The Kier molecular flexibility index (Phi) is 6.58. The second-order valence-electron chi connectivity index (χ2n) is 9.86. The molecule has 2 aliphatic rings. The fourth-order valence-electron chi connectivity index (χ4n) is 5.01. The molecule has 172 valence electrons. The predicted octanol–water partition coefficient (Wildman–Crippen LogP) is 5.61. The van der Waals surface area contributed by atoms with E-state index >= 15 is 0 Å². The molecular formula is C25H32N2O4S. The van der Waals surface area contributed by atoms with Gasteiger partial charge in [-0.3, -0.25) is 4.79 Å². The molecule has 1 fully saturated rings. The molecule has 0 bridgehead atoms. The van der Waals surface area contributed by atoms with E-state index in [1.54, 1.807) is 12.1 Å². The third-order valence-corrected chi connectivity index (χ3v) is 7.66. The highest BCUT2D eigenvalue weighted by atomic mass is 32.1. The number of thiophene rings is 1. The van der Waals surface area contributed by atoms with Gasteiger partial charge < -0.3 is 20.5 Å². The minimum Gasteiger partial charge on any atom is -0.478 e. The van der Waals surface area contributed by atoms with Crippen LogP contribution in [0.4, 0.5) is 10.7 Å². The summed E-state index contributed by atoms with van der Waals surface area (Å²) in [7, 11) is 0. The van der Waals surface area contributed by atoms with Crippen molar-refractivity contribution in [3.05, 3.63) is 45.8 Å². The van der Waals surface area contributed by atoms with E-state index < -0.39 is 5.97 Å². The Morgan fingerprint density at radius 1 is 1.19 bits per heavy atom. The minimum atomic E-state index is -0.975. The molecule has 0 spiro atoms. The lowest BCUT2D eigenvalue weighted by molar-refractivity contribution is 0.0693. The first-order chi connectivity index (χ1) is 15.2. The van der Waals surface area contributed by atoms with E-state index in [0.29, 0.717) is 16.5 Å². The molecule has 3 N–H and O–H groups in total. The van der Waals surface area contributed by atoms with Crippen LogP contribution in [-0.4, -0.2) is 36.7 Å². The van der Waals surface area contributed by atoms with Crippen LogP contribution >= 0.6 is 11.3 Å². The number of ether oxygens (including phenoxy) is 1. The Morgan fingerprint density at radius 2 is 1.88 bits per heavy atom. The summed E-state index contributed by atoms with van der Waals surface area (Å²) in [5, 5.41) is 16.6. The topological polar surface area (TPSA) is 87.7 Å². The Labute approximate surface area is 193 Å². The maximum Gasteiger partial charge on any atom is 0.339 e. The molecule has 0 saturated carbocycles. The number of carbonyl (C=O) groups is 2. The molecular weight excluding hydrogens is 424 g/mol. The smallest absolute Gasteiger partial charge is 0.339 e. The van der Waals surface area contributed by atoms with Gasteiger partial charge in [-0.05, 0) is 72.8 Å². The van der Waals surface area contributed by atoms with Crippen LogP contribution in [0.2, 0.25) is 0 Å². The highest BCUT2D eigenvalue weighted by Crippen LogP contribution is 2.49. The molecule has 0 radical (unpaired) electrons. The Hall–Kier alpha value is -2.38. The quantitative estimate of drug-likeness (QED) is 0.526. The third kappa shape index (κ3) is 4.99. The lowest BCUT2D eigenvalue weighted by atomic mass is 9.72. The summed E-state index contributed by atoms with van der Waals surface area (Å²) in [5.74, 6) is -0.493. The van der Waals surface area contributed by atoms with Crippen molar-refractivity contribution in [2.24, 2.45) is 11.3 Å². The second-order valence-corrected chi connectivity index (χ2v) is 11.0. The maximum atomic E-state index is 12.9. The van der Waals surface area contributed by atoms with Gasteiger partial charge >= 0.3 is 5.97 Å². The van der Waals surface area contributed by atoms with Crippen molar-refractivity contribution < 1.29 is 19.4 Å². The van der Waals surface area contributed by atoms with Crippen molar-refractivity contribution in [3.63, 3.8) is 0 Å². The van der Waals surface area contributed by atoms with Gasteiger partial charge in [0.2, 0.25) is 0 Å². The van der Waals surface area contributed by atoms with Crippen molar-refractivity contribution in [1.82, 2.24) is 0 Å². The van der Waals surface area contributed by atoms with E-state index in [0.717, 1.165) is 61.6 Å². The highest BCUT2D eigenvalue weighted by molar-refractivity contribution is 7.17. The number of fused-ring (bicyclic) bond motifs is 1. The van der Waals surface area contributed by atoms with Gasteiger partial charge in [-0.2, -0.15) is 0 Å². The van der Waals surface area contributed by atoms with Gasteiger partial charge in [-0.15, -0.1) is 11.3 Å². The fraction of sp³-hybridized carbons (Fsp3) is 0.520. The SMILES string of the molecule is CC1CC(C)(C)Cc2sc(NC(=O)c3ccc(NCC4CCOCC4)cc3)c(C(=O)O)c21. The number of anilines is 2. The first-order valence-electron chi connectivity index (χ1n) is 11.4. The van der Waals surface area contributed by atoms with Crippen molar-refractivity contribution in [3.8, 4) is 0 Å². The lowest BCUT2D eigenvalue weighted by Crippen LogP contribution is -2.24. The zero-order valence-electron chi connectivity index (χ0n) is 19.0. The molecule has 1 saturated heterocycles. The second kappa shape index (κ2) is 9.24. The molecule has 2 aromatic rings. The predicted molar refractivity (Wildman–Crippen MR) is 128 cm³/mol. The first-order valence-corrected chi connectivity index (χ1v) is 12.2. The normalized spacial score (nSPS) is 20.4. The highest BCUT2D eigenvalue weighted by Gasteiger charge is 2.36. The molecule has 6 nitrogen and oxygen atoms in total. The summed E-state index contributed by atoms with van der Waals surface area (Å²) in [5.41, 5.74) is 2.77. The third-order valence-electron chi connectivity index (χ3n) is 6.54. The van der Waals surface area contributed by atoms with Crippen LogP contribution in [0.25, 0.3) is 0 Å². The standard InChI is InChI=1S/C25H32N2O4S/c1-15-12-25(2,3)13-19-20(15)21(24(29)30)23(32-19)27-22(28)17-4-6-18(7-5-17)26-14-16-8-10-31-11-9-16/h4-7,15-16,26H,8-14H2,1-3H3,(H,27,28)(H,29,30). The van der Waals surface area contributed by atoms with Crippen LogP contribution in [0.3, 0.4) is 0 Å². The summed E-state index contributed by atoms with van der Waals surface area (Å²) in [4.78, 5) is 26.0. The van der Waals surface area contributed by atoms with E-state index in [1.807, 2.05) is 12.1 Å². The zero-order valence-corrected chi connectivity index (χ0v) is 19.8. The van der Waals surface area contributed by atoms with Gasteiger partial charge in [-0.25, -0.2) is 4.79 Å². The van der Waals surface area contributed by atoms with E-state index in [2.05, 4.69) is 31.4 Å². The van der Waals surface area contributed by atoms with Gasteiger partial charge in [0.25, 0.3) is 5.91 Å². The maximum absolute atomic E-state index is 12.9. The molecule has 1 aliphatic carbocycles. The molecule has 1 aromatic carbocycles. The molecule has 7 heteroatoms. The van der Waals surface area contributed by atoms with Gasteiger partial charge in [0.05, 0.1) is 5.56 Å². The van der Waals surface area contributed by atoms with Crippen LogP contribution in [-0.2, 0) is 11.2 Å². The van der Waals surface area contributed by atoms with Gasteiger partial charge in [0.1, 0.15) is 5.00 Å². The zero-order chi connectivity index (χ0) is 22.9.